The largest absolute Gasteiger partial charge is 0.480 e. The smallest absolute Gasteiger partial charge is 0.326 e. The SMILES string of the molecule is CC(C)N(C)S(=O)(=O)c1ccc(C(=O)NC(C(=O)O)C2CCCOC2)cc1. The van der Waals surface area contributed by atoms with Gasteiger partial charge in [0.15, 0.2) is 0 Å². The average molecular weight is 398 g/mol. The standard InChI is InChI=1S/C18H26N2O6S/c1-12(2)20(3)27(24,25)15-8-6-13(7-9-15)17(21)19-16(18(22)23)14-5-4-10-26-11-14/h6-9,12,14,16H,4-5,10-11H2,1-3H3,(H,19,21)(H,22,23). The first kappa shape index (κ1) is 21.3. The van der Waals surface area contributed by atoms with Crippen LogP contribution in [0.2, 0.25) is 0 Å². The van der Waals surface area contributed by atoms with Gasteiger partial charge in [0.25, 0.3) is 5.91 Å². The second-order valence-electron chi connectivity index (χ2n) is 6.91. The van der Waals surface area contributed by atoms with E-state index >= 15 is 0 Å². The molecule has 9 heteroatoms. The monoisotopic (exact) mass is 398 g/mol. The number of nitrogens with one attached hydrogen (secondary N) is 1. The van der Waals surface area contributed by atoms with Crippen LogP contribution in [0.15, 0.2) is 29.2 Å². The molecule has 1 aliphatic heterocycles. The average Bonchev–Trinajstić information content (AvgIpc) is 2.65. The molecule has 2 rings (SSSR count). The van der Waals surface area contributed by atoms with Crippen LogP contribution in [-0.2, 0) is 19.6 Å². The molecule has 1 aromatic rings. The molecular formula is C18H26N2O6S. The Hall–Kier alpha value is -1.97. The lowest BCUT2D eigenvalue weighted by atomic mass is 9.93. The van der Waals surface area contributed by atoms with E-state index in [1.54, 1.807) is 13.8 Å². The van der Waals surface area contributed by atoms with Crippen LogP contribution in [0, 0.1) is 5.92 Å². The molecule has 0 aliphatic carbocycles. The van der Waals surface area contributed by atoms with Crippen LogP contribution in [0.1, 0.15) is 37.0 Å². The molecule has 0 saturated carbocycles. The molecule has 2 atom stereocenters. The van der Waals surface area contributed by atoms with E-state index in [4.69, 9.17) is 4.74 Å². The van der Waals surface area contributed by atoms with Gasteiger partial charge in [-0.15, -0.1) is 0 Å². The third-order valence-electron chi connectivity index (χ3n) is 4.74. The molecule has 1 saturated heterocycles. The predicted octanol–water partition coefficient (Wildman–Crippen LogP) is 1.33. The normalized spacial score (nSPS) is 19.1. The van der Waals surface area contributed by atoms with Gasteiger partial charge in [-0.25, -0.2) is 13.2 Å². The first-order chi connectivity index (χ1) is 12.6. The van der Waals surface area contributed by atoms with Crippen molar-refractivity contribution < 1.29 is 27.9 Å². The first-order valence-corrected chi connectivity index (χ1v) is 10.3. The van der Waals surface area contributed by atoms with E-state index in [1.807, 2.05) is 0 Å². The lowest BCUT2D eigenvalue weighted by Crippen LogP contribution is -2.48. The number of aliphatic carboxylic acids is 1. The highest BCUT2D eigenvalue weighted by molar-refractivity contribution is 7.89. The zero-order chi connectivity index (χ0) is 20.2. The number of rotatable bonds is 7. The van der Waals surface area contributed by atoms with Crippen molar-refractivity contribution in [1.82, 2.24) is 9.62 Å². The summed E-state index contributed by atoms with van der Waals surface area (Å²) in [6.45, 7) is 4.41. The lowest BCUT2D eigenvalue weighted by Gasteiger charge is -2.28. The Kier molecular flexibility index (Phi) is 6.96. The first-order valence-electron chi connectivity index (χ1n) is 8.84. The zero-order valence-corrected chi connectivity index (χ0v) is 16.5. The highest BCUT2D eigenvalue weighted by Gasteiger charge is 2.31. The summed E-state index contributed by atoms with van der Waals surface area (Å²) < 4.78 is 31.5. The lowest BCUT2D eigenvalue weighted by molar-refractivity contribution is -0.142. The van der Waals surface area contributed by atoms with Crippen molar-refractivity contribution in [3.63, 3.8) is 0 Å². The van der Waals surface area contributed by atoms with Crippen molar-refractivity contribution in [3.05, 3.63) is 29.8 Å². The Morgan fingerprint density at radius 2 is 1.89 bits per heavy atom. The molecule has 0 aromatic heterocycles. The van der Waals surface area contributed by atoms with Gasteiger partial charge in [0.2, 0.25) is 10.0 Å². The van der Waals surface area contributed by atoms with Crippen LogP contribution in [0.5, 0.6) is 0 Å². The van der Waals surface area contributed by atoms with Gasteiger partial charge in [0.05, 0.1) is 11.5 Å². The summed E-state index contributed by atoms with van der Waals surface area (Å²) in [5.74, 6) is -1.97. The Morgan fingerprint density at radius 3 is 2.37 bits per heavy atom. The number of sulfonamides is 1. The number of hydrogen-bond donors (Lipinski definition) is 2. The van der Waals surface area contributed by atoms with Gasteiger partial charge in [0.1, 0.15) is 6.04 Å². The van der Waals surface area contributed by atoms with E-state index in [-0.39, 0.29) is 29.0 Å². The third kappa shape index (κ3) is 5.06. The van der Waals surface area contributed by atoms with E-state index < -0.39 is 27.9 Å². The van der Waals surface area contributed by atoms with Gasteiger partial charge >= 0.3 is 5.97 Å². The highest BCUT2D eigenvalue weighted by atomic mass is 32.2. The number of carbonyl (C=O) groups excluding carboxylic acids is 1. The highest BCUT2D eigenvalue weighted by Crippen LogP contribution is 2.20. The van der Waals surface area contributed by atoms with Gasteiger partial charge in [0, 0.05) is 31.2 Å². The van der Waals surface area contributed by atoms with Crippen molar-refractivity contribution in [2.45, 2.75) is 43.7 Å². The summed E-state index contributed by atoms with van der Waals surface area (Å²) >= 11 is 0. The zero-order valence-electron chi connectivity index (χ0n) is 15.7. The summed E-state index contributed by atoms with van der Waals surface area (Å²) in [6.07, 6.45) is 1.41. The summed E-state index contributed by atoms with van der Waals surface area (Å²) in [4.78, 5) is 24.0. The van der Waals surface area contributed by atoms with E-state index in [0.717, 1.165) is 6.42 Å². The second kappa shape index (κ2) is 8.81. The Labute approximate surface area is 159 Å². The molecule has 1 aromatic carbocycles. The molecule has 1 aliphatic rings. The molecule has 27 heavy (non-hydrogen) atoms. The fraction of sp³-hybridized carbons (Fsp3) is 0.556. The number of carboxylic acids is 1. The Bertz CT molecular complexity index is 770. The van der Waals surface area contributed by atoms with E-state index in [9.17, 15) is 23.1 Å². The Balaban J connectivity index is 2.13. The minimum Gasteiger partial charge on any atom is -0.480 e. The fourth-order valence-electron chi connectivity index (χ4n) is 2.86. The molecule has 150 valence electrons. The van der Waals surface area contributed by atoms with Crippen LogP contribution in [0.25, 0.3) is 0 Å². The number of nitrogens with zero attached hydrogens (tertiary/aromatic N) is 1. The van der Waals surface area contributed by atoms with Gasteiger partial charge in [-0.3, -0.25) is 4.79 Å². The van der Waals surface area contributed by atoms with Gasteiger partial charge in [-0.1, -0.05) is 0 Å². The number of ether oxygens (including phenoxy) is 1. The topological polar surface area (TPSA) is 113 Å². The maximum Gasteiger partial charge on any atom is 0.326 e. The van der Waals surface area contributed by atoms with Crippen molar-refractivity contribution in [2.75, 3.05) is 20.3 Å². The van der Waals surface area contributed by atoms with Crippen molar-refractivity contribution in [2.24, 2.45) is 5.92 Å². The third-order valence-corrected chi connectivity index (χ3v) is 6.79. The second-order valence-corrected chi connectivity index (χ2v) is 8.90. The maximum absolute atomic E-state index is 12.5. The van der Waals surface area contributed by atoms with Crippen LogP contribution < -0.4 is 5.32 Å². The molecule has 2 unspecified atom stereocenters. The summed E-state index contributed by atoms with van der Waals surface area (Å²) in [5.41, 5.74) is 0.198. The molecule has 2 N–H and O–H groups in total. The predicted molar refractivity (Wildman–Crippen MR) is 99.0 cm³/mol. The summed E-state index contributed by atoms with van der Waals surface area (Å²) in [5, 5.41) is 12.0. The maximum atomic E-state index is 12.5. The molecule has 1 heterocycles. The number of benzene rings is 1. The molecular weight excluding hydrogens is 372 g/mol. The molecule has 1 amide bonds. The Morgan fingerprint density at radius 1 is 1.26 bits per heavy atom. The molecule has 0 radical (unpaired) electrons. The molecule has 0 bridgehead atoms. The molecule has 1 fully saturated rings. The number of carboxylic acid groups (broad SMARTS) is 1. The van der Waals surface area contributed by atoms with Gasteiger partial charge < -0.3 is 15.2 Å². The van der Waals surface area contributed by atoms with E-state index in [2.05, 4.69) is 5.32 Å². The van der Waals surface area contributed by atoms with E-state index in [0.29, 0.717) is 13.0 Å². The molecule has 8 nitrogen and oxygen atoms in total. The van der Waals surface area contributed by atoms with Crippen LogP contribution >= 0.6 is 0 Å². The quantitative estimate of drug-likeness (QED) is 0.716. The van der Waals surface area contributed by atoms with Crippen LogP contribution in [-0.4, -0.2) is 62.1 Å². The van der Waals surface area contributed by atoms with Crippen molar-refractivity contribution >= 4 is 21.9 Å². The minimum atomic E-state index is -3.64. The summed E-state index contributed by atoms with van der Waals surface area (Å²) in [6, 6.07) is 4.21. The summed E-state index contributed by atoms with van der Waals surface area (Å²) in [7, 11) is -2.15. The van der Waals surface area contributed by atoms with Gasteiger partial charge in [-0.2, -0.15) is 4.31 Å². The minimum absolute atomic E-state index is 0.0747. The number of carbonyl (C=O) groups is 2. The number of amides is 1. The van der Waals surface area contributed by atoms with Crippen molar-refractivity contribution in [3.8, 4) is 0 Å². The fourth-order valence-corrected chi connectivity index (χ4v) is 4.22. The van der Waals surface area contributed by atoms with Crippen LogP contribution in [0.4, 0.5) is 0 Å². The van der Waals surface area contributed by atoms with E-state index in [1.165, 1.54) is 35.6 Å². The number of hydrogen-bond acceptors (Lipinski definition) is 5. The van der Waals surface area contributed by atoms with Gasteiger partial charge in [-0.05, 0) is 51.0 Å². The molecule has 0 spiro atoms. The van der Waals surface area contributed by atoms with Crippen molar-refractivity contribution in [1.29, 1.82) is 0 Å². The van der Waals surface area contributed by atoms with Crippen LogP contribution in [0.3, 0.4) is 0 Å².